The molecule has 0 N–H and O–H groups in total. The number of halogens is 1. The molecule has 2 aromatic carbocycles. The van der Waals surface area contributed by atoms with Gasteiger partial charge in [-0.25, -0.2) is 4.39 Å². The monoisotopic (exact) mass is 477 g/mol. The molecule has 1 fully saturated rings. The summed E-state index contributed by atoms with van der Waals surface area (Å²) in [5, 5.41) is 5.20. The molecule has 3 aliphatic rings. The molecule has 1 aromatic heterocycles. The first-order valence-electron chi connectivity index (χ1n) is 13.0. The number of carbonyl (C=O) groups is 1. The lowest BCUT2D eigenvalue weighted by Crippen LogP contribution is -2.39. The van der Waals surface area contributed by atoms with Crippen LogP contribution in [0.15, 0.2) is 34.9 Å². The van der Waals surface area contributed by atoms with Crippen LogP contribution in [0.1, 0.15) is 61.3 Å². The molecular weight excluding hydrogens is 445 g/mol. The van der Waals surface area contributed by atoms with Gasteiger partial charge < -0.3 is 19.1 Å². The highest BCUT2D eigenvalue weighted by atomic mass is 19.1. The van der Waals surface area contributed by atoms with E-state index in [9.17, 15) is 9.18 Å². The number of benzene rings is 2. The number of nitrogens with zero attached hydrogens (tertiary/aromatic N) is 3. The van der Waals surface area contributed by atoms with Crippen LogP contribution in [0.5, 0.6) is 5.75 Å². The van der Waals surface area contributed by atoms with Crippen LogP contribution >= 0.6 is 0 Å². The van der Waals surface area contributed by atoms with Gasteiger partial charge in [0, 0.05) is 35.9 Å². The molecular formula is C28H32FN3O3. The van der Waals surface area contributed by atoms with Crippen molar-refractivity contribution in [2.75, 3.05) is 37.7 Å². The predicted octanol–water partition coefficient (Wildman–Crippen LogP) is 5.23. The van der Waals surface area contributed by atoms with Gasteiger partial charge in [0.25, 0.3) is 0 Å². The molecule has 1 saturated heterocycles. The average Bonchev–Trinajstić information content (AvgIpc) is 3.30. The SMILES string of the molecule is O=C1CCc2ccc(OCCCCN3CCC(c4noc5cc(F)ccc45)CC3)c3c2N1CCC3. The summed E-state index contributed by atoms with van der Waals surface area (Å²) in [4.78, 5) is 16.8. The highest BCUT2D eigenvalue weighted by molar-refractivity contribution is 5.98. The summed E-state index contributed by atoms with van der Waals surface area (Å²) < 4.78 is 25.0. The van der Waals surface area contributed by atoms with Crippen molar-refractivity contribution in [3.05, 3.63) is 53.0 Å². The highest BCUT2D eigenvalue weighted by Gasteiger charge is 2.31. The Morgan fingerprint density at radius 1 is 1.06 bits per heavy atom. The van der Waals surface area contributed by atoms with E-state index in [1.165, 1.54) is 23.3 Å². The number of anilines is 1. The smallest absolute Gasteiger partial charge is 0.227 e. The molecule has 184 valence electrons. The van der Waals surface area contributed by atoms with E-state index in [1.807, 2.05) is 4.90 Å². The van der Waals surface area contributed by atoms with Crippen LogP contribution in [0, 0.1) is 5.82 Å². The van der Waals surface area contributed by atoms with Gasteiger partial charge in [-0.15, -0.1) is 0 Å². The lowest BCUT2D eigenvalue weighted by molar-refractivity contribution is -0.119. The Morgan fingerprint density at radius 2 is 1.94 bits per heavy atom. The van der Waals surface area contributed by atoms with Crippen molar-refractivity contribution < 1.29 is 18.4 Å². The Labute approximate surface area is 205 Å². The van der Waals surface area contributed by atoms with Crippen LogP contribution in [0.2, 0.25) is 0 Å². The molecule has 0 bridgehead atoms. The van der Waals surface area contributed by atoms with E-state index in [4.69, 9.17) is 9.26 Å². The number of aromatic nitrogens is 1. The quantitative estimate of drug-likeness (QED) is 0.436. The summed E-state index contributed by atoms with van der Waals surface area (Å²) in [6.07, 6.45) is 7.67. The fourth-order valence-electron chi connectivity index (χ4n) is 6.01. The number of hydrogen-bond donors (Lipinski definition) is 0. The maximum absolute atomic E-state index is 13.4. The molecule has 0 radical (unpaired) electrons. The van der Waals surface area contributed by atoms with Crippen molar-refractivity contribution in [3.8, 4) is 5.75 Å². The molecule has 6 rings (SSSR count). The Bertz CT molecular complexity index is 1230. The van der Waals surface area contributed by atoms with Crippen molar-refractivity contribution in [3.63, 3.8) is 0 Å². The van der Waals surface area contributed by atoms with Gasteiger partial charge in [0.2, 0.25) is 5.91 Å². The number of carbonyl (C=O) groups excluding carboxylic acids is 1. The average molecular weight is 478 g/mol. The zero-order valence-electron chi connectivity index (χ0n) is 20.1. The van der Waals surface area contributed by atoms with E-state index in [0.29, 0.717) is 24.5 Å². The standard InChI is InChI=1S/C28H32FN3O3/c29-21-7-8-22-25(18-21)35-30-27(22)19-11-15-31(16-12-19)13-1-2-17-34-24-9-5-20-6-10-26(33)32-14-3-4-23(24)28(20)32/h5,7-9,18-19H,1-4,6,10-17H2. The van der Waals surface area contributed by atoms with E-state index < -0.39 is 0 Å². The molecule has 0 spiro atoms. The Hall–Kier alpha value is -2.93. The molecule has 1 amide bonds. The van der Waals surface area contributed by atoms with Crippen molar-refractivity contribution in [2.45, 2.75) is 57.3 Å². The minimum absolute atomic E-state index is 0.255. The van der Waals surface area contributed by atoms with Gasteiger partial charge >= 0.3 is 0 Å². The summed E-state index contributed by atoms with van der Waals surface area (Å²) >= 11 is 0. The number of hydrogen-bond acceptors (Lipinski definition) is 5. The van der Waals surface area contributed by atoms with E-state index >= 15 is 0 Å². The number of likely N-dealkylation sites (tertiary alicyclic amines) is 1. The van der Waals surface area contributed by atoms with Crippen LogP contribution in [0.25, 0.3) is 11.0 Å². The molecule has 0 saturated carbocycles. The number of ether oxygens (including phenoxy) is 1. The topological polar surface area (TPSA) is 58.8 Å². The third-order valence-corrected chi connectivity index (χ3v) is 7.87. The first-order valence-corrected chi connectivity index (χ1v) is 13.0. The predicted molar refractivity (Wildman–Crippen MR) is 133 cm³/mol. The van der Waals surface area contributed by atoms with E-state index in [-0.39, 0.29) is 11.7 Å². The number of unbranched alkanes of at least 4 members (excludes halogenated alkanes) is 1. The number of fused-ring (bicyclic) bond motifs is 1. The van der Waals surface area contributed by atoms with Crippen molar-refractivity contribution >= 4 is 22.6 Å². The number of piperidine rings is 1. The van der Waals surface area contributed by atoms with Crippen LogP contribution < -0.4 is 9.64 Å². The molecule has 7 heteroatoms. The van der Waals surface area contributed by atoms with E-state index in [2.05, 4.69) is 22.2 Å². The largest absolute Gasteiger partial charge is 0.493 e. The zero-order valence-corrected chi connectivity index (χ0v) is 20.1. The van der Waals surface area contributed by atoms with Gasteiger partial charge in [-0.3, -0.25) is 4.79 Å². The molecule has 3 aliphatic heterocycles. The maximum atomic E-state index is 13.4. The number of aryl methyl sites for hydroxylation is 1. The highest BCUT2D eigenvalue weighted by Crippen LogP contribution is 2.40. The third kappa shape index (κ3) is 4.42. The van der Waals surface area contributed by atoms with Crippen LogP contribution in [0.4, 0.5) is 10.1 Å². The van der Waals surface area contributed by atoms with Gasteiger partial charge in [0.15, 0.2) is 5.58 Å². The fourth-order valence-corrected chi connectivity index (χ4v) is 6.01. The summed E-state index contributed by atoms with van der Waals surface area (Å²) in [6.45, 7) is 4.70. The minimum atomic E-state index is -0.290. The van der Waals surface area contributed by atoms with Gasteiger partial charge in [0.05, 0.1) is 18.0 Å². The van der Waals surface area contributed by atoms with Crippen LogP contribution in [-0.2, 0) is 17.6 Å². The molecule has 0 unspecified atom stereocenters. The number of rotatable bonds is 7. The zero-order chi connectivity index (χ0) is 23.8. The Balaban J connectivity index is 0.972. The van der Waals surface area contributed by atoms with Crippen LogP contribution in [0.3, 0.4) is 0 Å². The maximum Gasteiger partial charge on any atom is 0.227 e. The summed E-state index contributed by atoms with van der Waals surface area (Å²) in [6, 6.07) is 8.94. The summed E-state index contributed by atoms with van der Waals surface area (Å²) in [7, 11) is 0. The normalized spacial score (nSPS) is 18.8. The first kappa shape index (κ1) is 22.5. The van der Waals surface area contributed by atoms with Crippen molar-refractivity contribution in [2.24, 2.45) is 0 Å². The lowest BCUT2D eigenvalue weighted by Gasteiger charge is -2.36. The molecule has 4 heterocycles. The van der Waals surface area contributed by atoms with Gasteiger partial charge in [0.1, 0.15) is 11.6 Å². The third-order valence-electron chi connectivity index (χ3n) is 7.87. The molecule has 35 heavy (non-hydrogen) atoms. The lowest BCUT2D eigenvalue weighted by atomic mass is 9.91. The van der Waals surface area contributed by atoms with Gasteiger partial charge in [-0.2, -0.15) is 0 Å². The minimum Gasteiger partial charge on any atom is -0.493 e. The molecule has 3 aromatic rings. The second-order valence-corrected chi connectivity index (χ2v) is 10.1. The van der Waals surface area contributed by atoms with Gasteiger partial charge in [-0.05, 0) is 88.3 Å². The fraction of sp³-hybridized carbons (Fsp3) is 0.500. The Morgan fingerprint density at radius 3 is 2.83 bits per heavy atom. The second kappa shape index (κ2) is 9.61. The van der Waals surface area contributed by atoms with Crippen LogP contribution in [-0.4, -0.2) is 48.7 Å². The molecule has 0 atom stereocenters. The van der Waals surface area contributed by atoms with E-state index in [1.54, 1.807) is 6.07 Å². The van der Waals surface area contributed by atoms with Gasteiger partial charge in [-0.1, -0.05) is 11.2 Å². The number of amides is 1. The molecule has 6 nitrogen and oxygen atoms in total. The van der Waals surface area contributed by atoms with Crippen molar-refractivity contribution in [1.82, 2.24) is 10.1 Å². The van der Waals surface area contributed by atoms with E-state index in [0.717, 1.165) is 93.6 Å². The first-order chi connectivity index (χ1) is 17.2. The second-order valence-electron chi connectivity index (χ2n) is 10.1. The van der Waals surface area contributed by atoms with Crippen molar-refractivity contribution in [1.29, 1.82) is 0 Å². The summed E-state index contributed by atoms with van der Waals surface area (Å²) in [5.41, 5.74) is 5.17. The molecule has 0 aliphatic carbocycles. The summed E-state index contributed by atoms with van der Waals surface area (Å²) in [5.74, 6) is 1.30. The Kier molecular flexibility index (Phi) is 6.19.